The Morgan fingerprint density at radius 2 is 2.20 bits per heavy atom. The summed E-state index contributed by atoms with van der Waals surface area (Å²) in [4.78, 5) is 13.9. The molecule has 0 spiro atoms. The third-order valence-corrected chi connectivity index (χ3v) is 5.44. The summed E-state index contributed by atoms with van der Waals surface area (Å²) in [7, 11) is 0. The molecule has 0 saturated carbocycles. The highest BCUT2D eigenvalue weighted by Crippen LogP contribution is 2.35. The summed E-state index contributed by atoms with van der Waals surface area (Å²) in [6, 6.07) is 9.81. The van der Waals surface area contributed by atoms with Gasteiger partial charge in [-0.25, -0.2) is 0 Å². The van der Waals surface area contributed by atoms with E-state index in [1.165, 1.54) is 11.3 Å². The van der Waals surface area contributed by atoms with Crippen molar-refractivity contribution < 1.29 is 4.79 Å². The van der Waals surface area contributed by atoms with Crippen LogP contribution >= 0.6 is 38.6 Å². The molecule has 20 heavy (non-hydrogen) atoms. The predicted octanol–water partition coefficient (Wildman–Crippen LogP) is 4.24. The fraction of sp³-hybridized carbons (Fsp3) is 0.0714. The van der Waals surface area contributed by atoms with Crippen LogP contribution in [0.3, 0.4) is 0 Å². The van der Waals surface area contributed by atoms with Crippen LogP contribution < -0.4 is 11.1 Å². The molecule has 1 aromatic carbocycles. The molecule has 1 amide bonds. The van der Waals surface area contributed by atoms with E-state index in [4.69, 9.17) is 5.73 Å². The summed E-state index contributed by atoms with van der Waals surface area (Å²) in [5.41, 5.74) is 6.63. The highest BCUT2D eigenvalue weighted by atomic mass is 79.9. The van der Waals surface area contributed by atoms with Gasteiger partial charge in [0.25, 0.3) is 5.91 Å². The molecule has 6 heteroatoms. The minimum Gasteiger partial charge on any atom is -0.397 e. The van der Waals surface area contributed by atoms with Crippen LogP contribution in [0.15, 0.2) is 40.2 Å². The van der Waals surface area contributed by atoms with Crippen molar-refractivity contribution >= 4 is 60.3 Å². The molecular weight excluding hydrogens is 356 g/mol. The monoisotopic (exact) mass is 366 g/mol. The third kappa shape index (κ3) is 2.59. The molecule has 0 atom stereocenters. The van der Waals surface area contributed by atoms with Gasteiger partial charge in [-0.1, -0.05) is 28.1 Å². The number of nitrogens with two attached hydrogens (primary N) is 1. The summed E-state index contributed by atoms with van der Waals surface area (Å²) < 4.78 is 2.00. The van der Waals surface area contributed by atoms with Gasteiger partial charge < -0.3 is 11.1 Å². The lowest BCUT2D eigenvalue weighted by Gasteiger charge is -2.02. The summed E-state index contributed by atoms with van der Waals surface area (Å²) in [6.45, 7) is 0.536. The third-order valence-electron chi connectivity index (χ3n) is 2.90. The van der Waals surface area contributed by atoms with Gasteiger partial charge in [-0.2, -0.15) is 0 Å². The lowest BCUT2D eigenvalue weighted by atomic mass is 10.2. The number of halogens is 1. The molecule has 0 aliphatic rings. The van der Waals surface area contributed by atoms with Gasteiger partial charge in [-0.3, -0.25) is 4.79 Å². The lowest BCUT2D eigenvalue weighted by Crippen LogP contribution is -2.22. The molecule has 0 fully saturated rings. The zero-order valence-corrected chi connectivity index (χ0v) is 13.6. The average molecular weight is 367 g/mol. The summed E-state index contributed by atoms with van der Waals surface area (Å²) in [5.74, 6) is -0.117. The Bertz CT molecular complexity index is 765. The zero-order chi connectivity index (χ0) is 14.1. The van der Waals surface area contributed by atoms with Crippen molar-refractivity contribution in [1.29, 1.82) is 0 Å². The molecule has 2 heterocycles. The van der Waals surface area contributed by atoms with Gasteiger partial charge in [-0.15, -0.1) is 22.7 Å². The van der Waals surface area contributed by atoms with Gasteiger partial charge in [-0.05, 0) is 23.6 Å². The number of benzene rings is 1. The number of amides is 1. The van der Waals surface area contributed by atoms with Crippen LogP contribution in [-0.4, -0.2) is 5.91 Å². The first-order chi connectivity index (χ1) is 9.65. The molecule has 0 aliphatic heterocycles. The topological polar surface area (TPSA) is 55.1 Å². The number of hydrogen-bond donors (Lipinski definition) is 2. The van der Waals surface area contributed by atoms with Crippen molar-refractivity contribution in [3.05, 3.63) is 49.9 Å². The number of thiophene rings is 2. The Morgan fingerprint density at radius 1 is 1.35 bits per heavy atom. The van der Waals surface area contributed by atoms with Crippen molar-refractivity contribution in [3.8, 4) is 0 Å². The van der Waals surface area contributed by atoms with E-state index in [9.17, 15) is 4.79 Å². The van der Waals surface area contributed by atoms with E-state index in [1.807, 2.05) is 35.7 Å². The van der Waals surface area contributed by atoms with Crippen molar-refractivity contribution in [2.75, 3.05) is 5.73 Å². The van der Waals surface area contributed by atoms with Gasteiger partial charge in [0.2, 0.25) is 0 Å². The average Bonchev–Trinajstić information content (AvgIpc) is 3.04. The summed E-state index contributed by atoms with van der Waals surface area (Å²) in [5, 5.41) is 5.83. The Balaban J connectivity index is 1.85. The van der Waals surface area contributed by atoms with Crippen LogP contribution in [-0.2, 0) is 6.54 Å². The van der Waals surface area contributed by atoms with Crippen LogP contribution in [0.1, 0.15) is 14.5 Å². The van der Waals surface area contributed by atoms with Gasteiger partial charge in [0.15, 0.2) is 0 Å². The quantitative estimate of drug-likeness (QED) is 0.728. The van der Waals surface area contributed by atoms with Crippen LogP contribution in [0, 0.1) is 0 Å². The van der Waals surface area contributed by atoms with Crippen LogP contribution in [0.5, 0.6) is 0 Å². The minimum absolute atomic E-state index is 0.117. The number of rotatable bonds is 3. The highest BCUT2D eigenvalue weighted by molar-refractivity contribution is 9.10. The summed E-state index contributed by atoms with van der Waals surface area (Å²) >= 11 is 6.47. The molecule has 3 rings (SSSR count). The standard InChI is InChI=1S/C14H11BrN2OS2/c15-8-3-4-10-11(6-8)20-13(12(10)16)14(18)17-7-9-2-1-5-19-9/h1-6H,7,16H2,(H,17,18). The first kappa shape index (κ1) is 13.6. The molecule has 3 nitrogen and oxygen atoms in total. The number of hydrogen-bond acceptors (Lipinski definition) is 4. The van der Waals surface area contributed by atoms with E-state index < -0.39 is 0 Å². The molecular formula is C14H11BrN2OS2. The maximum absolute atomic E-state index is 12.2. The van der Waals surface area contributed by atoms with Crippen molar-refractivity contribution in [2.45, 2.75) is 6.54 Å². The second-order valence-electron chi connectivity index (χ2n) is 4.25. The fourth-order valence-corrected chi connectivity index (χ4v) is 4.16. The van der Waals surface area contributed by atoms with Gasteiger partial charge >= 0.3 is 0 Å². The highest BCUT2D eigenvalue weighted by Gasteiger charge is 2.16. The normalized spacial score (nSPS) is 10.8. The van der Waals surface area contributed by atoms with E-state index in [1.54, 1.807) is 11.3 Å². The van der Waals surface area contributed by atoms with Crippen LogP contribution in [0.2, 0.25) is 0 Å². The molecule has 2 aromatic heterocycles. The number of fused-ring (bicyclic) bond motifs is 1. The van der Waals surface area contributed by atoms with Crippen LogP contribution in [0.25, 0.3) is 10.1 Å². The zero-order valence-electron chi connectivity index (χ0n) is 10.4. The predicted molar refractivity (Wildman–Crippen MR) is 89.4 cm³/mol. The molecule has 3 N–H and O–H groups in total. The number of carbonyl (C=O) groups is 1. The van der Waals surface area contributed by atoms with E-state index in [2.05, 4.69) is 21.2 Å². The second kappa shape index (κ2) is 5.55. The van der Waals surface area contributed by atoms with E-state index in [-0.39, 0.29) is 5.91 Å². The first-order valence-corrected chi connectivity index (χ1v) is 8.42. The molecule has 3 aromatic rings. The molecule has 102 valence electrons. The molecule has 0 bridgehead atoms. The molecule has 0 aliphatic carbocycles. The number of nitrogens with one attached hydrogen (secondary N) is 1. The minimum atomic E-state index is -0.117. The Hall–Kier alpha value is -1.37. The maximum atomic E-state index is 12.2. The number of anilines is 1. The Kier molecular flexibility index (Phi) is 3.78. The second-order valence-corrected chi connectivity index (χ2v) is 7.25. The Labute approximate surface area is 132 Å². The van der Waals surface area contributed by atoms with E-state index in [0.29, 0.717) is 17.1 Å². The van der Waals surface area contributed by atoms with Crippen molar-refractivity contribution in [3.63, 3.8) is 0 Å². The number of carbonyl (C=O) groups excluding carboxylic acids is 1. The largest absolute Gasteiger partial charge is 0.397 e. The summed E-state index contributed by atoms with van der Waals surface area (Å²) in [6.07, 6.45) is 0. The van der Waals surface area contributed by atoms with Gasteiger partial charge in [0.05, 0.1) is 12.2 Å². The SMILES string of the molecule is Nc1c(C(=O)NCc2cccs2)sc2cc(Br)ccc12. The maximum Gasteiger partial charge on any atom is 0.263 e. The number of nitrogen functional groups attached to an aromatic ring is 1. The molecule has 0 saturated heterocycles. The van der Waals surface area contributed by atoms with E-state index >= 15 is 0 Å². The Morgan fingerprint density at radius 3 is 2.95 bits per heavy atom. The lowest BCUT2D eigenvalue weighted by molar-refractivity contribution is 0.0956. The fourth-order valence-electron chi connectivity index (χ4n) is 1.92. The van der Waals surface area contributed by atoms with Gasteiger partial charge in [0.1, 0.15) is 4.88 Å². The van der Waals surface area contributed by atoms with Crippen LogP contribution in [0.4, 0.5) is 5.69 Å². The smallest absolute Gasteiger partial charge is 0.263 e. The van der Waals surface area contributed by atoms with Crippen molar-refractivity contribution in [1.82, 2.24) is 5.32 Å². The molecule has 0 radical (unpaired) electrons. The molecule has 0 unspecified atom stereocenters. The first-order valence-electron chi connectivity index (χ1n) is 5.93. The van der Waals surface area contributed by atoms with Gasteiger partial charge in [0, 0.05) is 19.4 Å². The van der Waals surface area contributed by atoms with Crippen molar-refractivity contribution in [2.24, 2.45) is 0 Å². The van der Waals surface area contributed by atoms with E-state index in [0.717, 1.165) is 19.4 Å².